The lowest BCUT2D eigenvalue weighted by atomic mass is 9.77. The molecule has 0 unspecified atom stereocenters. The van der Waals surface area contributed by atoms with Gasteiger partial charge in [0.05, 0.1) is 5.41 Å². The number of likely N-dealkylation sites (N-methyl/N-ethyl adjacent to an activating group) is 1. The lowest BCUT2D eigenvalue weighted by molar-refractivity contribution is -0.136. The van der Waals surface area contributed by atoms with Crippen LogP contribution in [0.1, 0.15) is 36.8 Å². The molecule has 2 aromatic rings. The molecule has 0 N–H and O–H groups in total. The minimum absolute atomic E-state index is 0.233. The predicted octanol–water partition coefficient (Wildman–Crippen LogP) is 4.81. The standard InChI is InChI=1S/C20H22ClNO/c1-22(15-16-9-11-18(21)12-10-16)19(23)20(13-5-6-14-20)17-7-3-2-4-8-17/h2-4,7-12H,5-6,13-15H2,1H3. The van der Waals surface area contributed by atoms with Crippen LogP contribution in [0.15, 0.2) is 54.6 Å². The summed E-state index contributed by atoms with van der Waals surface area (Å²) in [5.74, 6) is 0.233. The van der Waals surface area contributed by atoms with Crippen LogP contribution < -0.4 is 0 Å². The van der Waals surface area contributed by atoms with Gasteiger partial charge in [0.2, 0.25) is 5.91 Å². The molecular weight excluding hydrogens is 306 g/mol. The molecule has 0 heterocycles. The van der Waals surface area contributed by atoms with E-state index in [2.05, 4.69) is 12.1 Å². The van der Waals surface area contributed by atoms with E-state index in [4.69, 9.17) is 11.6 Å². The number of hydrogen-bond donors (Lipinski definition) is 0. The zero-order valence-electron chi connectivity index (χ0n) is 13.5. The molecule has 0 aliphatic heterocycles. The molecule has 3 heteroatoms. The van der Waals surface area contributed by atoms with Crippen molar-refractivity contribution in [2.75, 3.05) is 7.05 Å². The number of carbonyl (C=O) groups is 1. The number of nitrogens with zero attached hydrogens (tertiary/aromatic N) is 1. The molecule has 1 aliphatic carbocycles. The molecule has 23 heavy (non-hydrogen) atoms. The molecule has 2 aromatic carbocycles. The van der Waals surface area contributed by atoms with E-state index in [1.54, 1.807) is 0 Å². The van der Waals surface area contributed by atoms with E-state index in [1.165, 1.54) is 0 Å². The number of halogens is 1. The van der Waals surface area contributed by atoms with E-state index < -0.39 is 0 Å². The van der Waals surface area contributed by atoms with Gasteiger partial charge < -0.3 is 4.90 Å². The Hall–Kier alpha value is -1.80. The van der Waals surface area contributed by atoms with Crippen molar-refractivity contribution >= 4 is 17.5 Å². The van der Waals surface area contributed by atoms with E-state index in [-0.39, 0.29) is 11.3 Å². The number of rotatable bonds is 4. The van der Waals surface area contributed by atoms with Gasteiger partial charge >= 0.3 is 0 Å². The molecule has 2 nitrogen and oxygen atoms in total. The fourth-order valence-electron chi connectivity index (χ4n) is 3.66. The largest absolute Gasteiger partial charge is 0.341 e. The summed E-state index contributed by atoms with van der Waals surface area (Å²) in [6.45, 7) is 0.616. The van der Waals surface area contributed by atoms with Crippen LogP contribution in [0, 0.1) is 0 Å². The van der Waals surface area contributed by atoms with Crippen LogP contribution in [-0.4, -0.2) is 17.9 Å². The van der Waals surface area contributed by atoms with E-state index >= 15 is 0 Å². The number of amides is 1. The van der Waals surface area contributed by atoms with Crippen LogP contribution in [0.3, 0.4) is 0 Å². The van der Waals surface area contributed by atoms with Gasteiger partial charge in [0.1, 0.15) is 0 Å². The average Bonchev–Trinajstić information content (AvgIpc) is 3.08. The highest BCUT2D eigenvalue weighted by atomic mass is 35.5. The maximum Gasteiger partial charge on any atom is 0.233 e. The summed E-state index contributed by atoms with van der Waals surface area (Å²) in [6.07, 6.45) is 4.13. The van der Waals surface area contributed by atoms with Crippen molar-refractivity contribution in [1.29, 1.82) is 0 Å². The number of hydrogen-bond acceptors (Lipinski definition) is 1. The molecule has 0 radical (unpaired) electrons. The Labute approximate surface area is 143 Å². The minimum Gasteiger partial charge on any atom is -0.341 e. The Balaban J connectivity index is 1.82. The SMILES string of the molecule is CN(Cc1ccc(Cl)cc1)C(=O)C1(c2ccccc2)CCCC1. The quantitative estimate of drug-likeness (QED) is 0.789. The average molecular weight is 328 g/mol. The van der Waals surface area contributed by atoms with Crippen molar-refractivity contribution in [1.82, 2.24) is 4.90 Å². The van der Waals surface area contributed by atoms with Crippen LogP contribution >= 0.6 is 11.6 Å². The summed E-state index contributed by atoms with van der Waals surface area (Å²) in [5, 5.41) is 0.722. The van der Waals surface area contributed by atoms with Gasteiger partial charge in [-0.1, -0.05) is 66.9 Å². The van der Waals surface area contributed by atoms with Gasteiger partial charge in [0, 0.05) is 18.6 Å². The van der Waals surface area contributed by atoms with Crippen LogP contribution in [0.25, 0.3) is 0 Å². The molecule has 3 rings (SSSR count). The molecule has 1 saturated carbocycles. The lowest BCUT2D eigenvalue weighted by Crippen LogP contribution is -2.43. The first-order valence-corrected chi connectivity index (χ1v) is 8.55. The monoisotopic (exact) mass is 327 g/mol. The summed E-state index contributed by atoms with van der Waals surface area (Å²) in [5.41, 5.74) is 1.92. The number of carbonyl (C=O) groups excluding carboxylic acids is 1. The minimum atomic E-state index is -0.345. The second-order valence-electron chi connectivity index (χ2n) is 6.44. The third-order valence-electron chi connectivity index (χ3n) is 4.87. The predicted molar refractivity (Wildman–Crippen MR) is 94.5 cm³/mol. The molecular formula is C20H22ClNO. The molecule has 0 bridgehead atoms. The van der Waals surface area contributed by atoms with Gasteiger partial charge in [-0.15, -0.1) is 0 Å². The third-order valence-corrected chi connectivity index (χ3v) is 5.12. The van der Waals surface area contributed by atoms with E-state index in [0.717, 1.165) is 41.8 Å². The van der Waals surface area contributed by atoms with Gasteiger partial charge in [-0.05, 0) is 36.1 Å². The topological polar surface area (TPSA) is 20.3 Å². The summed E-state index contributed by atoms with van der Waals surface area (Å²) >= 11 is 5.94. The van der Waals surface area contributed by atoms with Gasteiger partial charge in [0.25, 0.3) is 0 Å². The van der Waals surface area contributed by atoms with Gasteiger partial charge in [-0.3, -0.25) is 4.79 Å². The highest BCUT2D eigenvalue weighted by Crippen LogP contribution is 2.42. The first-order chi connectivity index (χ1) is 11.1. The summed E-state index contributed by atoms with van der Waals surface area (Å²) < 4.78 is 0. The van der Waals surface area contributed by atoms with Crippen molar-refractivity contribution in [2.45, 2.75) is 37.6 Å². The zero-order chi connectivity index (χ0) is 16.3. The van der Waals surface area contributed by atoms with Gasteiger partial charge in [-0.25, -0.2) is 0 Å². The highest BCUT2D eigenvalue weighted by molar-refractivity contribution is 6.30. The summed E-state index contributed by atoms with van der Waals surface area (Å²) in [7, 11) is 1.90. The molecule has 1 aliphatic rings. The second-order valence-corrected chi connectivity index (χ2v) is 6.88. The highest BCUT2D eigenvalue weighted by Gasteiger charge is 2.43. The summed E-state index contributed by atoms with van der Waals surface area (Å²) in [6, 6.07) is 18.0. The van der Waals surface area contributed by atoms with Crippen LogP contribution in [0.4, 0.5) is 0 Å². The van der Waals surface area contributed by atoms with E-state index in [1.807, 2.05) is 54.4 Å². The summed E-state index contributed by atoms with van der Waals surface area (Å²) in [4.78, 5) is 15.1. The Kier molecular flexibility index (Phi) is 4.72. The molecule has 120 valence electrons. The molecule has 1 amide bonds. The van der Waals surface area contributed by atoms with Crippen LogP contribution in [0.5, 0.6) is 0 Å². The number of benzene rings is 2. The Morgan fingerprint density at radius 1 is 1.04 bits per heavy atom. The molecule has 0 saturated heterocycles. The normalized spacial score (nSPS) is 16.3. The second kappa shape index (κ2) is 6.76. The van der Waals surface area contributed by atoms with E-state index in [9.17, 15) is 4.79 Å². The van der Waals surface area contributed by atoms with Crippen molar-refractivity contribution in [2.24, 2.45) is 0 Å². The smallest absolute Gasteiger partial charge is 0.233 e. The maximum absolute atomic E-state index is 13.2. The first-order valence-electron chi connectivity index (χ1n) is 8.17. The fraction of sp³-hybridized carbons (Fsp3) is 0.350. The van der Waals surface area contributed by atoms with Crippen molar-refractivity contribution in [3.8, 4) is 0 Å². The maximum atomic E-state index is 13.2. The molecule has 0 spiro atoms. The van der Waals surface area contributed by atoms with Gasteiger partial charge in [0.15, 0.2) is 0 Å². The van der Waals surface area contributed by atoms with Crippen molar-refractivity contribution in [3.05, 3.63) is 70.7 Å². The zero-order valence-corrected chi connectivity index (χ0v) is 14.2. The van der Waals surface area contributed by atoms with E-state index in [0.29, 0.717) is 6.54 Å². The van der Waals surface area contributed by atoms with Crippen LogP contribution in [-0.2, 0) is 16.8 Å². The fourth-order valence-corrected chi connectivity index (χ4v) is 3.79. The molecule has 1 fully saturated rings. The molecule has 0 aromatic heterocycles. The lowest BCUT2D eigenvalue weighted by Gasteiger charge is -2.33. The van der Waals surface area contributed by atoms with Crippen molar-refractivity contribution < 1.29 is 4.79 Å². The Bertz CT molecular complexity index is 660. The van der Waals surface area contributed by atoms with Crippen molar-refractivity contribution in [3.63, 3.8) is 0 Å². The Morgan fingerprint density at radius 3 is 2.26 bits per heavy atom. The molecule has 0 atom stereocenters. The Morgan fingerprint density at radius 2 is 1.65 bits per heavy atom. The first kappa shape index (κ1) is 16.1. The van der Waals surface area contributed by atoms with Gasteiger partial charge in [-0.2, -0.15) is 0 Å². The third kappa shape index (κ3) is 3.28. The van der Waals surface area contributed by atoms with Crippen LogP contribution in [0.2, 0.25) is 5.02 Å².